The van der Waals surface area contributed by atoms with Crippen molar-refractivity contribution in [2.75, 3.05) is 40.0 Å². The Hall–Kier alpha value is -2.78. The van der Waals surface area contributed by atoms with Crippen LogP contribution in [0.4, 0.5) is 4.79 Å². The van der Waals surface area contributed by atoms with Crippen LogP contribution in [0.5, 0.6) is 11.5 Å². The van der Waals surface area contributed by atoms with Crippen LogP contribution < -0.4 is 14.8 Å². The molecule has 1 aromatic rings. The van der Waals surface area contributed by atoms with Crippen LogP contribution in [0.25, 0.3) is 6.08 Å². The van der Waals surface area contributed by atoms with Gasteiger partial charge in [0.1, 0.15) is 13.2 Å². The van der Waals surface area contributed by atoms with E-state index in [1.165, 1.54) is 0 Å². The Morgan fingerprint density at radius 2 is 2.07 bits per heavy atom. The highest BCUT2D eigenvalue weighted by Gasteiger charge is 2.36. The van der Waals surface area contributed by atoms with E-state index in [-0.39, 0.29) is 11.4 Å². The van der Waals surface area contributed by atoms with Crippen molar-refractivity contribution in [2.24, 2.45) is 0 Å². The van der Waals surface area contributed by atoms with E-state index in [1.807, 2.05) is 6.92 Å². The van der Waals surface area contributed by atoms with E-state index in [0.717, 1.165) is 16.7 Å². The van der Waals surface area contributed by atoms with Crippen molar-refractivity contribution in [3.8, 4) is 11.5 Å². The van der Waals surface area contributed by atoms with E-state index in [4.69, 9.17) is 14.2 Å². The number of amides is 3. The summed E-state index contributed by atoms with van der Waals surface area (Å²) in [7, 11) is 1.58. The lowest BCUT2D eigenvalue weighted by Gasteiger charge is -2.12. The minimum absolute atomic E-state index is 0.245. The second-order valence-corrected chi connectivity index (χ2v) is 7.20. The van der Waals surface area contributed by atoms with Gasteiger partial charge in [-0.1, -0.05) is 18.7 Å². The lowest BCUT2D eigenvalue weighted by Crippen LogP contribution is -2.39. The van der Waals surface area contributed by atoms with E-state index < -0.39 is 17.1 Å². The van der Waals surface area contributed by atoms with Crippen LogP contribution >= 0.6 is 11.8 Å². The summed E-state index contributed by atoms with van der Waals surface area (Å²) in [5.74, 6) is 0.203. The van der Waals surface area contributed by atoms with Crippen molar-refractivity contribution >= 4 is 34.9 Å². The molecular formula is C21H26N2O6S. The van der Waals surface area contributed by atoms with Gasteiger partial charge in [-0.25, -0.2) is 0 Å². The summed E-state index contributed by atoms with van der Waals surface area (Å²) < 4.78 is 16.1. The minimum atomic E-state index is -0.498. The molecule has 9 heteroatoms. The Morgan fingerprint density at radius 1 is 1.27 bits per heavy atom. The maximum absolute atomic E-state index is 12.6. The molecule has 3 amide bonds. The number of methoxy groups -OCH3 is 1. The van der Waals surface area contributed by atoms with Crippen LogP contribution in [0.2, 0.25) is 0 Å². The Bertz CT molecular complexity index is 824. The molecule has 1 aromatic carbocycles. The first-order chi connectivity index (χ1) is 14.5. The fourth-order valence-corrected chi connectivity index (χ4v) is 3.42. The normalized spacial score (nSPS) is 14.9. The van der Waals surface area contributed by atoms with Gasteiger partial charge in [-0.2, -0.15) is 0 Å². The molecule has 1 saturated heterocycles. The molecule has 0 radical (unpaired) electrons. The lowest BCUT2D eigenvalue weighted by molar-refractivity contribution is -0.129. The topological polar surface area (TPSA) is 94.2 Å². The summed E-state index contributed by atoms with van der Waals surface area (Å²) in [6.45, 7) is 6.89. The average molecular weight is 435 g/mol. The molecule has 0 bridgehead atoms. The van der Waals surface area contributed by atoms with E-state index in [9.17, 15) is 14.4 Å². The quantitative estimate of drug-likeness (QED) is 0.307. The van der Waals surface area contributed by atoms with Gasteiger partial charge in [0.05, 0.1) is 11.5 Å². The van der Waals surface area contributed by atoms with Gasteiger partial charge < -0.3 is 19.5 Å². The maximum atomic E-state index is 12.6. The summed E-state index contributed by atoms with van der Waals surface area (Å²) in [5, 5.41) is 2.19. The highest BCUT2D eigenvalue weighted by Crippen LogP contribution is 2.34. The lowest BCUT2D eigenvalue weighted by atomic mass is 10.2. The number of ether oxygens (including phenoxy) is 3. The second-order valence-electron chi connectivity index (χ2n) is 6.20. The van der Waals surface area contributed by atoms with Gasteiger partial charge >= 0.3 is 0 Å². The monoisotopic (exact) mass is 434 g/mol. The molecule has 0 unspecified atom stereocenters. The van der Waals surface area contributed by atoms with Gasteiger partial charge in [0, 0.05) is 20.3 Å². The van der Waals surface area contributed by atoms with Crippen molar-refractivity contribution in [1.29, 1.82) is 0 Å². The summed E-state index contributed by atoms with van der Waals surface area (Å²) in [4.78, 5) is 38.0. The molecular weight excluding hydrogens is 408 g/mol. The zero-order valence-electron chi connectivity index (χ0n) is 17.1. The largest absolute Gasteiger partial charge is 0.490 e. The van der Waals surface area contributed by atoms with Crippen LogP contribution in [-0.4, -0.2) is 62.0 Å². The Labute approximate surface area is 180 Å². The first-order valence-corrected chi connectivity index (χ1v) is 10.3. The van der Waals surface area contributed by atoms with Gasteiger partial charge in [0.25, 0.3) is 11.1 Å². The Balaban J connectivity index is 2.08. The molecule has 30 heavy (non-hydrogen) atoms. The van der Waals surface area contributed by atoms with Gasteiger partial charge in [0.15, 0.2) is 11.5 Å². The summed E-state index contributed by atoms with van der Waals surface area (Å²) >= 11 is 0.801. The SMILES string of the molecule is C=CCOc1ccc(/C=C2\SC(=O)N(CC(=O)NCCCOC)C2=O)cc1OCC. The zero-order valence-corrected chi connectivity index (χ0v) is 18.0. The fraction of sp³-hybridized carbons (Fsp3) is 0.381. The predicted molar refractivity (Wildman–Crippen MR) is 115 cm³/mol. The molecule has 1 aliphatic heterocycles. The number of benzene rings is 1. The van der Waals surface area contributed by atoms with E-state index in [2.05, 4.69) is 11.9 Å². The molecule has 0 aromatic heterocycles. The van der Waals surface area contributed by atoms with Crippen molar-refractivity contribution < 1.29 is 28.6 Å². The van der Waals surface area contributed by atoms with Crippen molar-refractivity contribution in [1.82, 2.24) is 10.2 Å². The fourth-order valence-electron chi connectivity index (χ4n) is 2.58. The number of hydrogen-bond donors (Lipinski definition) is 1. The smallest absolute Gasteiger partial charge is 0.294 e. The Kier molecular flexibility index (Phi) is 9.43. The third-order valence-corrected chi connectivity index (χ3v) is 4.85. The maximum Gasteiger partial charge on any atom is 0.294 e. The molecule has 1 fully saturated rings. The molecule has 1 heterocycles. The first-order valence-electron chi connectivity index (χ1n) is 9.51. The standard InChI is InChI=1S/C21H26N2O6S/c1-4-10-29-16-8-7-15(12-17(16)28-5-2)13-18-20(25)23(21(26)30-18)14-19(24)22-9-6-11-27-3/h4,7-8,12-13H,1,5-6,9-11,14H2,2-3H3,(H,22,24)/b18-13-. The number of nitrogens with one attached hydrogen (secondary N) is 1. The third-order valence-electron chi connectivity index (χ3n) is 3.94. The first kappa shape index (κ1) is 23.5. The average Bonchev–Trinajstić information content (AvgIpc) is 2.98. The van der Waals surface area contributed by atoms with Gasteiger partial charge in [0.2, 0.25) is 5.91 Å². The zero-order chi connectivity index (χ0) is 21.9. The van der Waals surface area contributed by atoms with E-state index in [0.29, 0.717) is 49.8 Å². The number of carbonyl (C=O) groups is 3. The highest BCUT2D eigenvalue weighted by atomic mass is 32.2. The number of carbonyl (C=O) groups excluding carboxylic acids is 3. The van der Waals surface area contributed by atoms with Crippen molar-refractivity contribution in [3.63, 3.8) is 0 Å². The second kappa shape index (κ2) is 12.0. The summed E-state index contributed by atoms with van der Waals surface area (Å²) in [6, 6.07) is 5.23. The molecule has 162 valence electrons. The van der Waals surface area contributed by atoms with Crippen LogP contribution in [-0.2, 0) is 14.3 Å². The highest BCUT2D eigenvalue weighted by molar-refractivity contribution is 8.18. The van der Waals surface area contributed by atoms with Crippen molar-refractivity contribution in [3.05, 3.63) is 41.3 Å². The molecule has 0 saturated carbocycles. The molecule has 0 atom stereocenters. The van der Waals surface area contributed by atoms with Gasteiger partial charge in [-0.15, -0.1) is 0 Å². The van der Waals surface area contributed by atoms with E-state index in [1.54, 1.807) is 37.5 Å². The molecule has 2 rings (SSSR count). The number of rotatable bonds is 12. The van der Waals surface area contributed by atoms with Crippen LogP contribution in [0.15, 0.2) is 35.8 Å². The third kappa shape index (κ3) is 6.64. The molecule has 1 N–H and O–H groups in total. The number of thioether (sulfide) groups is 1. The molecule has 1 aliphatic rings. The number of hydrogen-bond acceptors (Lipinski definition) is 7. The Morgan fingerprint density at radius 3 is 2.77 bits per heavy atom. The van der Waals surface area contributed by atoms with Gasteiger partial charge in [-0.3, -0.25) is 19.3 Å². The van der Waals surface area contributed by atoms with Crippen LogP contribution in [0.1, 0.15) is 18.9 Å². The van der Waals surface area contributed by atoms with Crippen molar-refractivity contribution in [2.45, 2.75) is 13.3 Å². The summed E-state index contributed by atoms with van der Waals surface area (Å²) in [6.07, 6.45) is 3.88. The summed E-state index contributed by atoms with van der Waals surface area (Å²) in [5.41, 5.74) is 0.680. The molecule has 0 aliphatic carbocycles. The van der Waals surface area contributed by atoms with E-state index >= 15 is 0 Å². The predicted octanol–water partition coefficient (Wildman–Crippen LogP) is 2.84. The molecule has 8 nitrogen and oxygen atoms in total. The van der Waals surface area contributed by atoms with Gasteiger partial charge in [-0.05, 0) is 48.9 Å². The number of imide groups is 1. The van der Waals surface area contributed by atoms with Crippen LogP contribution in [0.3, 0.4) is 0 Å². The minimum Gasteiger partial charge on any atom is -0.490 e. The molecule has 0 spiro atoms. The number of nitrogens with zero attached hydrogens (tertiary/aromatic N) is 1. The van der Waals surface area contributed by atoms with Crippen LogP contribution in [0, 0.1) is 0 Å².